The molecule has 17 heavy (non-hydrogen) atoms. The highest BCUT2D eigenvalue weighted by Gasteiger charge is 1.97. The smallest absolute Gasteiger partial charge is 0.120 e. The summed E-state index contributed by atoms with van der Waals surface area (Å²) in [6.45, 7) is 0.662. The topological polar surface area (TPSA) is 22.1 Å². The van der Waals surface area contributed by atoms with Crippen molar-refractivity contribution in [3.63, 3.8) is 0 Å². The minimum Gasteiger partial charge on any atom is -0.493 e. The number of nitrogens with zero attached hydrogens (tertiary/aromatic N) is 1. The van der Waals surface area contributed by atoms with Crippen molar-refractivity contribution >= 4 is 11.8 Å². The Balaban J connectivity index is 1.86. The lowest BCUT2D eigenvalue weighted by Crippen LogP contribution is -2.02. The minimum absolute atomic E-state index is 0.662. The van der Waals surface area contributed by atoms with Crippen molar-refractivity contribution in [3.8, 4) is 5.75 Å². The molecule has 0 saturated heterocycles. The maximum atomic E-state index is 5.70. The third-order valence-corrected chi connectivity index (χ3v) is 3.12. The lowest BCUT2D eigenvalue weighted by Gasteiger charge is -2.06. The molecule has 2 rings (SSSR count). The van der Waals surface area contributed by atoms with E-state index in [-0.39, 0.29) is 0 Å². The predicted molar refractivity (Wildman–Crippen MR) is 71.7 cm³/mol. The molecule has 0 fully saturated rings. The van der Waals surface area contributed by atoms with E-state index in [1.165, 1.54) is 4.90 Å². The second-order valence-corrected chi connectivity index (χ2v) is 4.48. The summed E-state index contributed by atoms with van der Waals surface area (Å²) < 4.78 is 5.70. The van der Waals surface area contributed by atoms with Crippen molar-refractivity contribution in [3.05, 3.63) is 54.4 Å². The van der Waals surface area contributed by atoms with Gasteiger partial charge < -0.3 is 4.74 Å². The van der Waals surface area contributed by atoms with E-state index in [4.69, 9.17) is 4.74 Å². The molecule has 88 valence electrons. The number of aromatic nitrogens is 1. The fourth-order valence-electron chi connectivity index (χ4n) is 1.51. The van der Waals surface area contributed by atoms with Crippen LogP contribution in [0.3, 0.4) is 0 Å². The normalized spacial score (nSPS) is 10.2. The molecule has 0 bridgehead atoms. The van der Waals surface area contributed by atoms with E-state index in [0.717, 1.165) is 17.9 Å². The van der Waals surface area contributed by atoms with Gasteiger partial charge in [0.05, 0.1) is 6.61 Å². The van der Waals surface area contributed by atoms with E-state index in [0.29, 0.717) is 6.61 Å². The van der Waals surface area contributed by atoms with Crippen LogP contribution in [-0.2, 0) is 6.42 Å². The van der Waals surface area contributed by atoms with Crippen LogP contribution in [0, 0.1) is 0 Å². The second-order valence-electron chi connectivity index (χ2n) is 3.60. The summed E-state index contributed by atoms with van der Waals surface area (Å²) in [6, 6.07) is 14.1. The molecule has 3 heteroatoms. The molecular weight excluding hydrogens is 230 g/mol. The van der Waals surface area contributed by atoms with Crippen LogP contribution in [0.25, 0.3) is 0 Å². The summed E-state index contributed by atoms with van der Waals surface area (Å²) in [5, 5.41) is 0. The minimum atomic E-state index is 0.662. The summed E-state index contributed by atoms with van der Waals surface area (Å²) in [4.78, 5) is 5.48. The van der Waals surface area contributed by atoms with Gasteiger partial charge in [0.2, 0.25) is 0 Å². The maximum absolute atomic E-state index is 5.70. The number of thioether (sulfide) groups is 1. The number of pyridine rings is 1. The quantitative estimate of drug-likeness (QED) is 0.753. The Kier molecular flexibility index (Phi) is 4.45. The van der Waals surface area contributed by atoms with Gasteiger partial charge in [-0.15, -0.1) is 11.8 Å². The Morgan fingerprint density at radius 1 is 1.18 bits per heavy atom. The maximum Gasteiger partial charge on any atom is 0.120 e. The van der Waals surface area contributed by atoms with Gasteiger partial charge in [-0.1, -0.05) is 12.1 Å². The van der Waals surface area contributed by atoms with Crippen molar-refractivity contribution in [2.75, 3.05) is 12.9 Å². The summed E-state index contributed by atoms with van der Waals surface area (Å²) in [7, 11) is 0. The molecule has 0 unspecified atom stereocenters. The van der Waals surface area contributed by atoms with E-state index >= 15 is 0 Å². The molecule has 0 spiro atoms. The molecule has 0 amide bonds. The Labute approximate surface area is 106 Å². The fraction of sp³-hybridized carbons (Fsp3) is 0.214. The molecule has 0 atom stereocenters. The van der Waals surface area contributed by atoms with Gasteiger partial charge in [-0.25, -0.2) is 0 Å². The average Bonchev–Trinajstić information content (AvgIpc) is 2.40. The second kappa shape index (κ2) is 6.30. The van der Waals surface area contributed by atoms with Crippen LogP contribution in [0.5, 0.6) is 5.75 Å². The standard InChI is InChI=1S/C14H15NOS/c1-17-14-7-4-6-13(11-14)16-10-8-12-5-2-3-9-15-12/h2-7,9,11H,8,10H2,1H3. The van der Waals surface area contributed by atoms with Crippen molar-refractivity contribution in [2.45, 2.75) is 11.3 Å². The van der Waals surface area contributed by atoms with E-state index < -0.39 is 0 Å². The van der Waals surface area contributed by atoms with Crippen molar-refractivity contribution < 1.29 is 4.74 Å². The van der Waals surface area contributed by atoms with Gasteiger partial charge in [0, 0.05) is 23.2 Å². The largest absolute Gasteiger partial charge is 0.493 e. The van der Waals surface area contributed by atoms with Gasteiger partial charge in [0.25, 0.3) is 0 Å². The summed E-state index contributed by atoms with van der Waals surface area (Å²) in [6.07, 6.45) is 4.71. The highest BCUT2D eigenvalue weighted by Crippen LogP contribution is 2.20. The van der Waals surface area contributed by atoms with Crippen LogP contribution in [0.1, 0.15) is 5.69 Å². The van der Waals surface area contributed by atoms with E-state index in [2.05, 4.69) is 23.4 Å². The van der Waals surface area contributed by atoms with Gasteiger partial charge in [-0.3, -0.25) is 4.98 Å². The highest BCUT2D eigenvalue weighted by molar-refractivity contribution is 7.98. The first kappa shape index (κ1) is 12.0. The third-order valence-electron chi connectivity index (χ3n) is 2.39. The zero-order chi connectivity index (χ0) is 11.9. The lowest BCUT2D eigenvalue weighted by molar-refractivity contribution is 0.320. The SMILES string of the molecule is CSc1cccc(OCCc2ccccn2)c1. The molecule has 0 N–H and O–H groups in total. The Hall–Kier alpha value is -1.48. The van der Waals surface area contributed by atoms with Crippen LogP contribution < -0.4 is 4.74 Å². The molecular formula is C14H15NOS. The van der Waals surface area contributed by atoms with Crippen LogP contribution >= 0.6 is 11.8 Å². The zero-order valence-electron chi connectivity index (χ0n) is 9.80. The Morgan fingerprint density at radius 2 is 2.12 bits per heavy atom. The Morgan fingerprint density at radius 3 is 2.88 bits per heavy atom. The van der Waals surface area contributed by atoms with Crippen LogP contribution in [0.2, 0.25) is 0 Å². The molecule has 0 aliphatic rings. The van der Waals surface area contributed by atoms with Gasteiger partial charge in [-0.05, 0) is 36.6 Å². The van der Waals surface area contributed by atoms with Crippen molar-refractivity contribution in [1.29, 1.82) is 0 Å². The van der Waals surface area contributed by atoms with Crippen LogP contribution in [-0.4, -0.2) is 17.8 Å². The number of hydrogen-bond donors (Lipinski definition) is 0. The monoisotopic (exact) mass is 245 g/mol. The van der Waals surface area contributed by atoms with Crippen molar-refractivity contribution in [2.24, 2.45) is 0 Å². The van der Waals surface area contributed by atoms with E-state index in [1.54, 1.807) is 11.8 Å². The van der Waals surface area contributed by atoms with Gasteiger partial charge >= 0.3 is 0 Å². The number of rotatable bonds is 5. The zero-order valence-corrected chi connectivity index (χ0v) is 10.6. The Bertz CT molecular complexity index is 459. The predicted octanol–water partition coefficient (Wildman–Crippen LogP) is 3.43. The molecule has 1 aromatic heterocycles. The lowest BCUT2D eigenvalue weighted by atomic mass is 10.3. The van der Waals surface area contributed by atoms with Gasteiger partial charge in [0.15, 0.2) is 0 Å². The third kappa shape index (κ3) is 3.79. The molecule has 2 nitrogen and oxygen atoms in total. The summed E-state index contributed by atoms with van der Waals surface area (Å²) in [5.41, 5.74) is 1.06. The first-order chi connectivity index (χ1) is 8.38. The number of benzene rings is 1. The molecule has 0 aliphatic carbocycles. The highest BCUT2D eigenvalue weighted by atomic mass is 32.2. The number of hydrogen-bond acceptors (Lipinski definition) is 3. The molecule has 2 aromatic rings. The summed E-state index contributed by atoms with van der Waals surface area (Å²) >= 11 is 1.72. The molecule has 1 heterocycles. The fourth-order valence-corrected chi connectivity index (χ4v) is 1.96. The average molecular weight is 245 g/mol. The van der Waals surface area contributed by atoms with Gasteiger partial charge in [0.1, 0.15) is 5.75 Å². The van der Waals surface area contributed by atoms with Crippen molar-refractivity contribution in [1.82, 2.24) is 4.98 Å². The van der Waals surface area contributed by atoms with Crippen LogP contribution in [0.4, 0.5) is 0 Å². The van der Waals surface area contributed by atoms with Gasteiger partial charge in [-0.2, -0.15) is 0 Å². The molecule has 0 saturated carbocycles. The molecule has 0 radical (unpaired) electrons. The molecule has 0 aliphatic heterocycles. The molecule has 1 aromatic carbocycles. The first-order valence-corrected chi connectivity index (χ1v) is 6.78. The van der Waals surface area contributed by atoms with E-state index in [1.807, 2.05) is 36.5 Å². The first-order valence-electron chi connectivity index (χ1n) is 5.55. The van der Waals surface area contributed by atoms with E-state index in [9.17, 15) is 0 Å². The number of ether oxygens (including phenoxy) is 1. The van der Waals surface area contributed by atoms with Crippen LogP contribution in [0.15, 0.2) is 53.6 Å². The summed E-state index contributed by atoms with van der Waals surface area (Å²) in [5.74, 6) is 0.924.